The minimum absolute atomic E-state index is 0.343. The van der Waals surface area contributed by atoms with E-state index in [1.165, 1.54) is 17.1 Å². The highest BCUT2D eigenvalue weighted by Crippen LogP contribution is 2.27. The number of hydrogen-bond acceptors (Lipinski definition) is 3. The number of rotatable bonds is 2. The minimum Gasteiger partial charge on any atom is -0.308 e. The first-order valence-corrected chi connectivity index (χ1v) is 7.46. The lowest BCUT2D eigenvalue weighted by molar-refractivity contribution is 0.262. The van der Waals surface area contributed by atoms with E-state index in [9.17, 15) is 4.79 Å². The van der Waals surface area contributed by atoms with E-state index < -0.39 is 0 Å². The smallest absolute Gasteiger partial charge is 0.308 e. The highest BCUT2D eigenvalue weighted by atomic mass is 35.5. The summed E-state index contributed by atoms with van der Waals surface area (Å²) in [6.07, 6.45) is 0. The van der Waals surface area contributed by atoms with Crippen molar-refractivity contribution in [1.82, 2.24) is 4.37 Å². The Bertz CT molecular complexity index is 816. The fourth-order valence-corrected chi connectivity index (χ4v) is 3.00. The van der Waals surface area contributed by atoms with Crippen molar-refractivity contribution in [3.63, 3.8) is 0 Å². The van der Waals surface area contributed by atoms with Gasteiger partial charge in [0.2, 0.25) is 0 Å². The molecular weight excluding hydrogens is 306 g/mol. The van der Waals surface area contributed by atoms with Crippen molar-refractivity contribution in [2.45, 2.75) is 6.92 Å². The number of aryl methyl sites for hydroxylation is 1. The molecule has 0 unspecified atom stereocenters. The number of nitrogens with zero attached hydrogens (tertiary/aromatic N) is 1. The normalized spacial score (nSPS) is 10.6. The van der Waals surface area contributed by atoms with Crippen LogP contribution in [0.1, 0.15) is 5.56 Å². The summed E-state index contributed by atoms with van der Waals surface area (Å²) in [5, 5.41) is 6.99. The molecule has 0 spiro atoms. The van der Waals surface area contributed by atoms with Crippen LogP contribution < -0.4 is 10.6 Å². The Morgan fingerprint density at radius 1 is 1.19 bits per heavy atom. The quantitative estimate of drug-likeness (QED) is 0.706. The van der Waals surface area contributed by atoms with Crippen molar-refractivity contribution < 1.29 is 4.79 Å². The second-order valence-corrected chi connectivity index (χ2v) is 5.86. The van der Waals surface area contributed by atoms with Gasteiger partial charge in [-0.15, -0.1) is 0 Å². The van der Waals surface area contributed by atoms with Gasteiger partial charge in [-0.3, -0.25) is 5.32 Å². The fraction of sp³-hybridized carbons (Fsp3) is 0.0667. The van der Waals surface area contributed by atoms with Gasteiger partial charge in [0, 0.05) is 16.1 Å². The van der Waals surface area contributed by atoms with Gasteiger partial charge in [0.15, 0.2) is 5.82 Å². The summed E-state index contributed by atoms with van der Waals surface area (Å²) in [4.78, 5) is 12.0. The van der Waals surface area contributed by atoms with Crippen LogP contribution >= 0.6 is 23.1 Å². The van der Waals surface area contributed by atoms with Crippen molar-refractivity contribution in [3.8, 4) is 0 Å². The summed E-state index contributed by atoms with van der Waals surface area (Å²) in [5.41, 5.74) is 1.80. The van der Waals surface area contributed by atoms with E-state index in [1.54, 1.807) is 24.3 Å². The van der Waals surface area contributed by atoms with Gasteiger partial charge in [-0.2, -0.15) is 4.37 Å². The van der Waals surface area contributed by atoms with Crippen LogP contribution in [0.3, 0.4) is 0 Å². The number of urea groups is 1. The minimum atomic E-state index is -0.343. The van der Waals surface area contributed by atoms with Crippen molar-refractivity contribution in [2.75, 3.05) is 10.6 Å². The maximum absolute atomic E-state index is 12.0. The molecule has 2 aromatic carbocycles. The molecule has 4 nitrogen and oxygen atoms in total. The van der Waals surface area contributed by atoms with E-state index in [0.29, 0.717) is 16.5 Å². The predicted molar refractivity (Wildman–Crippen MR) is 88.5 cm³/mol. The van der Waals surface area contributed by atoms with Crippen LogP contribution in [0, 0.1) is 6.92 Å². The van der Waals surface area contributed by atoms with E-state index in [0.717, 1.165) is 10.1 Å². The number of hydrogen-bond donors (Lipinski definition) is 2. The molecule has 2 amide bonds. The average molecular weight is 318 g/mol. The van der Waals surface area contributed by atoms with Crippen molar-refractivity contribution in [1.29, 1.82) is 0 Å². The molecule has 0 aliphatic carbocycles. The maximum atomic E-state index is 12.0. The molecular formula is C15H12ClN3OS. The number of benzene rings is 2. The van der Waals surface area contributed by atoms with Crippen molar-refractivity contribution in [2.24, 2.45) is 0 Å². The van der Waals surface area contributed by atoms with E-state index in [2.05, 4.69) is 15.0 Å². The Morgan fingerprint density at radius 2 is 2.05 bits per heavy atom. The van der Waals surface area contributed by atoms with Gasteiger partial charge in [0.25, 0.3) is 0 Å². The molecule has 2 N–H and O–H groups in total. The topological polar surface area (TPSA) is 54.0 Å². The van der Waals surface area contributed by atoms with Crippen LogP contribution in [-0.4, -0.2) is 10.4 Å². The number of carbonyl (C=O) groups is 1. The third kappa shape index (κ3) is 3.15. The van der Waals surface area contributed by atoms with Gasteiger partial charge in [-0.1, -0.05) is 23.7 Å². The third-order valence-corrected chi connectivity index (χ3v) is 3.99. The number of aromatic nitrogens is 1. The summed E-state index contributed by atoms with van der Waals surface area (Å²) < 4.78 is 5.33. The lowest BCUT2D eigenvalue weighted by Gasteiger charge is -2.06. The van der Waals surface area contributed by atoms with Gasteiger partial charge in [0.05, 0.1) is 4.70 Å². The molecule has 0 saturated carbocycles. The van der Waals surface area contributed by atoms with E-state index >= 15 is 0 Å². The molecule has 0 radical (unpaired) electrons. The highest BCUT2D eigenvalue weighted by molar-refractivity contribution is 7.13. The molecule has 0 fully saturated rings. The largest absolute Gasteiger partial charge is 0.324 e. The standard InChI is InChI=1S/C15H12ClN3OS/c1-9-5-6-12-13(7-9)21-19-14(12)18-15(20)17-11-4-2-3-10(16)8-11/h2-8H,1H3,(H2,17,18,19,20). The van der Waals surface area contributed by atoms with Gasteiger partial charge >= 0.3 is 6.03 Å². The van der Waals surface area contributed by atoms with E-state index in [1.807, 2.05) is 25.1 Å². The van der Waals surface area contributed by atoms with Crippen LogP contribution in [-0.2, 0) is 0 Å². The number of anilines is 2. The number of fused-ring (bicyclic) bond motifs is 1. The zero-order chi connectivity index (χ0) is 14.8. The maximum Gasteiger partial charge on any atom is 0.324 e. The Kier molecular flexibility index (Phi) is 3.77. The Morgan fingerprint density at radius 3 is 2.86 bits per heavy atom. The molecule has 0 bridgehead atoms. The van der Waals surface area contributed by atoms with Crippen LogP contribution in [0.2, 0.25) is 5.02 Å². The molecule has 6 heteroatoms. The van der Waals surface area contributed by atoms with Crippen LogP contribution in [0.25, 0.3) is 10.1 Å². The fourth-order valence-electron chi connectivity index (χ4n) is 1.97. The van der Waals surface area contributed by atoms with Crippen LogP contribution in [0.4, 0.5) is 16.3 Å². The van der Waals surface area contributed by atoms with E-state index in [4.69, 9.17) is 11.6 Å². The molecule has 1 heterocycles. The van der Waals surface area contributed by atoms with Gasteiger partial charge < -0.3 is 5.32 Å². The summed E-state index contributed by atoms with van der Waals surface area (Å²) >= 11 is 7.25. The van der Waals surface area contributed by atoms with E-state index in [-0.39, 0.29) is 6.03 Å². The number of nitrogens with one attached hydrogen (secondary N) is 2. The summed E-state index contributed by atoms with van der Waals surface area (Å²) in [5.74, 6) is 0.564. The first kappa shape index (κ1) is 13.9. The predicted octanol–water partition coefficient (Wildman–Crippen LogP) is 4.90. The molecule has 0 aliphatic rings. The third-order valence-electron chi connectivity index (χ3n) is 2.94. The number of amides is 2. The first-order valence-electron chi connectivity index (χ1n) is 6.31. The SMILES string of the molecule is Cc1ccc2c(NC(=O)Nc3cccc(Cl)c3)nsc2c1. The van der Waals surface area contributed by atoms with Crippen molar-refractivity contribution >= 4 is 50.8 Å². The lowest BCUT2D eigenvalue weighted by atomic mass is 10.2. The van der Waals surface area contributed by atoms with Gasteiger partial charge in [0.1, 0.15) is 0 Å². The molecule has 3 aromatic rings. The molecule has 0 aliphatic heterocycles. The Hall–Kier alpha value is -2.11. The first-order chi connectivity index (χ1) is 10.1. The Balaban J connectivity index is 1.77. The highest BCUT2D eigenvalue weighted by Gasteiger charge is 2.10. The molecule has 1 aromatic heterocycles. The summed E-state index contributed by atoms with van der Waals surface area (Å²) in [6, 6.07) is 12.6. The number of halogens is 1. The molecule has 3 rings (SSSR count). The molecule has 106 valence electrons. The van der Waals surface area contributed by atoms with Gasteiger partial charge in [-0.25, -0.2) is 4.79 Å². The van der Waals surface area contributed by atoms with Gasteiger partial charge in [-0.05, 0) is 54.4 Å². The molecule has 0 atom stereocenters. The average Bonchev–Trinajstić information content (AvgIpc) is 2.81. The lowest BCUT2D eigenvalue weighted by Crippen LogP contribution is -2.19. The molecule has 21 heavy (non-hydrogen) atoms. The van der Waals surface area contributed by atoms with Crippen LogP contribution in [0.15, 0.2) is 42.5 Å². The molecule has 0 saturated heterocycles. The zero-order valence-corrected chi connectivity index (χ0v) is 12.8. The number of carbonyl (C=O) groups excluding carboxylic acids is 1. The second-order valence-electron chi connectivity index (χ2n) is 4.62. The second kappa shape index (κ2) is 5.71. The summed E-state index contributed by atoms with van der Waals surface area (Å²) in [6.45, 7) is 2.03. The summed E-state index contributed by atoms with van der Waals surface area (Å²) in [7, 11) is 0. The van der Waals surface area contributed by atoms with Crippen molar-refractivity contribution in [3.05, 3.63) is 53.1 Å². The monoisotopic (exact) mass is 317 g/mol. The van der Waals surface area contributed by atoms with Crippen LogP contribution in [0.5, 0.6) is 0 Å². The Labute approximate surface area is 130 Å². The zero-order valence-electron chi connectivity index (χ0n) is 11.2.